The molecular formula is C5H9FN2. The Morgan fingerprint density at radius 2 is 2.50 bits per heavy atom. The number of allylic oxidation sites excluding steroid dienone is 2. The monoisotopic (exact) mass is 116 g/mol. The number of hydrogen-bond donors (Lipinski definition) is 1. The Bertz CT molecular complexity index is 107. The Morgan fingerprint density at radius 3 is 2.88 bits per heavy atom. The van der Waals surface area contributed by atoms with Gasteiger partial charge >= 0.3 is 0 Å². The van der Waals surface area contributed by atoms with E-state index in [2.05, 4.69) is 5.21 Å². The van der Waals surface area contributed by atoms with Crippen molar-refractivity contribution in [1.82, 2.24) is 0 Å². The van der Waals surface area contributed by atoms with E-state index in [9.17, 15) is 4.48 Å². The Morgan fingerprint density at radius 1 is 1.88 bits per heavy atom. The zero-order valence-electron chi connectivity index (χ0n) is 4.76. The summed E-state index contributed by atoms with van der Waals surface area (Å²) in [5.74, 6) is 0. The largest absolute Gasteiger partial charge is 0.398 e. The molecule has 0 amide bonds. The predicted octanol–water partition coefficient (Wildman–Crippen LogP) is 1.19. The van der Waals surface area contributed by atoms with Gasteiger partial charge in [0.15, 0.2) is 0 Å². The quantitative estimate of drug-likeness (QED) is 0.541. The van der Waals surface area contributed by atoms with Gasteiger partial charge in [-0.3, -0.25) is 0 Å². The summed E-state index contributed by atoms with van der Waals surface area (Å²) in [7, 11) is 0. The van der Waals surface area contributed by atoms with Crippen LogP contribution in [0.25, 0.3) is 0 Å². The number of hydrogen-bond acceptors (Lipinski definition) is 2. The molecule has 8 heavy (non-hydrogen) atoms. The molecule has 0 aliphatic rings. The van der Waals surface area contributed by atoms with Gasteiger partial charge in [0, 0.05) is 5.70 Å². The average molecular weight is 116 g/mol. The Labute approximate surface area is 47.8 Å². The van der Waals surface area contributed by atoms with Gasteiger partial charge in [-0.05, 0) is 6.42 Å². The van der Waals surface area contributed by atoms with Crippen LogP contribution in [0.1, 0.15) is 13.3 Å². The first-order chi connectivity index (χ1) is 3.81. The lowest BCUT2D eigenvalue weighted by Crippen LogP contribution is -1.96. The molecule has 2 nitrogen and oxygen atoms in total. The van der Waals surface area contributed by atoms with Gasteiger partial charge in [0.2, 0.25) is 0 Å². The van der Waals surface area contributed by atoms with Crippen molar-refractivity contribution in [2.75, 3.05) is 0 Å². The van der Waals surface area contributed by atoms with Gasteiger partial charge in [0.1, 0.15) is 0 Å². The van der Waals surface area contributed by atoms with Crippen molar-refractivity contribution in [2.24, 2.45) is 10.9 Å². The summed E-state index contributed by atoms with van der Waals surface area (Å²) in [6.45, 7) is 1.92. The molecule has 0 rings (SSSR count). The minimum Gasteiger partial charge on any atom is -0.398 e. The topological polar surface area (TPSA) is 38.4 Å². The van der Waals surface area contributed by atoms with Crippen LogP contribution in [0.15, 0.2) is 17.0 Å². The molecular weight excluding hydrogens is 107 g/mol. The van der Waals surface area contributed by atoms with E-state index in [4.69, 9.17) is 5.73 Å². The van der Waals surface area contributed by atoms with Crippen molar-refractivity contribution in [3.63, 3.8) is 0 Å². The fourth-order valence-electron chi connectivity index (χ4n) is 0.345. The first kappa shape index (κ1) is 7.14. The zero-order valence-corrected chi connectivity index (χ0v) is 4.76. The highest BCUT2D eigenvalue weighted by Crippen LogP contribution is 1.83. The Hall–Kier alpha value is -0.860. The van der Waals surface area contributed by atoms with E-state index in [0.717, 1.165) is 12.6 Å². The van der Waals surface area contributed by atoms with Crippen molar-refractivity contribution >= 4 is 6.21 Å². The van der Waals surface area contributed by atoms with Crippen LogP contribution < -0.4 is 5.73 Å². The smallest absolute Gasteiger partial charge is 0.0825 e. The summed E-state index contributed by atoms with van der Waals surface area (Å²) < 4.78 is 11.0. The lowest BCUT2D eigenvalue weighted by molar-refractivity contribution is 0.541. The Kier molecular flexibility index (Phi) is 3.84. The molecule has 3 heteroatoms. The summed E-state index contributed by atoms with van der Waals surface area (Å²) >= 11 is 0. The third-order valence-corrected chi connectivity index (χ3v) is 0.638. The van der Waals surface area contributed by atoms with E-state index < -0.39 is 0 Å². The van der Waals surface area contributed by atoms with Crippen LogP contribution in [0.2, 0.25) is 0 Å². The molecule has 0 aromatic carbocycles. The van der Waals surface area contributed by atoms with Gasteiger partial charge in [-0.1, -0.05) is 22.7 Å². The molecule has 0 radical (unpaired) electrons. The molecule has 46 valence electrons. The molecule has 0 aromatic heterocycles. The van der Waals surface area contributed by atoms with E-state index >= 15 is 0 Å². The first-order valence-corrected chi connectivity index (χ1v) is 2.41. The summed E-state index contributed by atoms with van der Waals surface area (Å²) in [4.78, 5) is 0. The SMILES string of the molecule is CC/C=C(/N)C=NF. The highest BCUT2D eigenvalue weighted by Gasteiger charge is 1.77. The van der Waals surface area contributed by atoms with Crippen molar-refractivity contribution in [2.45, 2.75) is 13.3 Å². The van der Waals surface area contributed by atoms with Gasteiger partial charge in [0.05, 0.1) is 6.21 Å². The predicted molar refractivity (Wildman–Crippen MR) is 32.2 cm³/mol. The van der Waals surface area contributed by atoms with Crippen LogP contribution in [0.4, 0.5) is 4.48 Å². The molecule has 0 aliphatic heterocycles. The van der Waals surface area contributed by atoms with Gasteiger partial charge in [-0.2, -0.15) is 0 Å². The molecule has 0 aromatic rings. The molecule has 0 spiro atoms. The fraction of sp³-hybridized carbons (Fsp3) is 0.400. The third kappa shape index (κ3) is 3.33. The maximum atomic E-state index is 11.0. The zero-order chi connectivity index (χ0) is 6.41. The van der Waals surface area contributed by atoms with Crippen molar-refractivity contribution < 1.29 is 4.48 Å². The van der Waals surface area contributed by atoms with Crippen molar-refractivity contribution in [3.05, 3.63) is 11.8 Å². The van der Waals surface area contributed by atoms with E-state index in [-0.39, 0.29) is 0 Å². The number of nitrogens with two attached hydrogens (primary N) is 1. The number of rotatable bonds is 2. The molecule has 0 saturated carbocycles. The van der Waals surface area contributed by atoms with Crippen LogP contribution in [0.3, 0.4) is 0 Å². The summed E-state index contributed by atoms with van der Waals surface area (Å²) in [5, 5.41) is 2.24. The summed E-state index contributed by atoms with van der Waals surface area (Å²) in [6.07, 6.45) is 3.46. The molecule has 0 saturated heterocycles. The average Bonchev–Trinajstić information content (AvgIpc) is 1.68. The minimum atomic E-state index is 0.370. The standard InChI is InChI=1S/C5H9FN2/c1-2-3-5(7)4-8-6/h3-4H,2,7H2,1H3/b5-3+,8-4?. The van der Waals surface area contributed by atoms with Gasteiger partial charge in [-0.15, -0.1) is 0 Å². The second kappa shape index (κ2) is 4.30. The lowest BCUT2D eigenvalue weighted by atomic mass is 10.4. The summed E-state index contributed by atoms with van der Waals surface area (Å²) in [5.41, 5.74) is 5.54. The van der Waals surface area contributed by atoms with Crippen LogP contribution in [-0.2, 0) is 0 Å². The van der Waals surface area contributed by atoms with Crippen LogP contribution in [0.5, 0.6) is 0 Å². The highest BCUT2D eigenvalue weighted by molar-refractivity contribution is 5.76. The molecule has 0 aliphatic carbocycles. The third-order valence-electron chi connectivity index (χ3n) is 0.638. The lowest BCUT2D eigenvalue weighted by Gasteiger charge is -1.83. The molecule has 2 N–H and O–H groups in total. The van der Waals surface area contributed by atoms with E-state index in [1.807, 2.05) is 6.92 Å². The van der Waals surface area contributed by atoms with Gasteiger partial charge < -0.3 is 5.73 Å². The van der Waals surface area contributed by atoms with Crippen LogP contribution in [-0.4, -0.2) is 6.21 Å². The fourth-order valence-corrected chi connectivity index (χ4v) is 0.345. The maximum absolute atomic E-state index is 11.0. The van der Waals surface area contributed by atoms with Crippen molar-refractivity contribution in [1.29, 1.82) is 0 Å². The number of nitrogens with zero attached hydrogens (tertiary/aromatic N) is 1. The van der Waals surface area contributed by atoms with Gasteiger partial charge in [0.25, 0.3) is 0 Å². The molecule has 0 heterocycles. The van der Waals surface area contributed by atoms with Crippen LogP contribution >= 0.6 is 0 Å². The van der Waals surface area contributed by atoms with Gasteiger partial charge in [-0.25, -0.2) is 0 Å². The van der Waals surface area contributed by atoms with Crippen molar-refractivity contribution in [3.8, 4) is 0 Å². The molecule has 0 bridgehead atoms. The minimum absolute atomic E-state index is 0.370. The molecule has 0 atom stereocenters. The number of halogens is 1. The Balaban J connectivity index is 3.61. The second-order valence-corrected chi connectivity index (χ2v) is 1.34. The second-order valence-electron chi connectivity index (χ2n) is 1.34. The van der Waals surface area contributed by atoms with E-state index in [0.29, 0.717) is 5.70 Å². The molecule has 0 fully saturated rings. The summed E-state index contributed by atoms with van der Waals surface area (Å²) in [6, 6.07) is 0. The maximum Gasteiger partial charge on any atom is 0.0825 e. The van der Waals surface area contributed by atoms with E-state index in [1.54, 1.807) is 6.08 Å². The normalized spacial score (nSPS) is 13.0. The van der Waals surface area contributed by atoms with Crippen LogP contribution in [0, 0.1) is 0 Å². The first-order valence-electron chi connectivity index (χ1n) is 2.41. The highest BCUT2D eigenvalue weighted by atomic mass is 19.2. The van der Waals surface area contributed by atoms with E-state index in [1.165, 1.54) is 0 Å². The molecule has 0 unspecified atom stereocenters.